The van der Waals surface area contributed by atoms with Crippen molar-refractivity contribution in [3.05, 3.63) is 52.9 Å². The minimum absolute atomic E-state index is 0.110. The number of benzene rings is 1. The fraction of sp³-hybridized carbons (Fsp3) is 0.385. The maximum Gasteiger partial charge on any atom is 0.255 e. The average Bonchev–Trinajstić information content (AvgIpc) is 3.24. The number of pyridine rings is 1. The summed E-state index contributed by atoms with van der Waals surface area (Å²) in [5.41, 5.74) is 4.34. The molecule has 1 aromatic carbocycles. The lowest BCUT2D eigenvalue weighted by Crippen LogP contribution is -2.49. The van der Waals surface area contributed by atoms with Gasteiger partial charge in [-0.25, -0.2) is 0 Å². The van der Waals surface area contributed by atoms with E-state index in [0.717, 1.165) is 29.8 Å². The van der Waals surface area contributed by atoms with E-state index in [2.05, 4.69) is 20.6 Å². The molecule has 1 saturated heterocycles. The van der Waals surface area contributed by atoms with Crippen molar-refractivity contribution in [1.29, 1.82) is 0 Å². The Labute approximate surface area is 213 Å². The Morgan fingerprint density at radius 2 is 2.17 bits per heavy atom. The number of methoxy groups -OCH3 is 1. The van der Waals surface area contributed by atoms with Gasteiger partial charge in [0, 0.05) is 29.4 Å². The highest BCUT2D eigenvalue weighted by molar-refractivity contribution is 6.32. The van der Waals surface area contributed by atoms with Crippen LogP contribution in [0, 0.1) is 0 Å². The second-order valence-electron chi connectivity index (χ2n) is 9.12. The van der Waals surface area contributed by atoms with Gasteiger partial charge in [-0.1, -0.05) is 17.7 Å². The van der Waals surface area contributed by atoms with Gasteiger partial charge in [-0.15, -0.1) is 0 Å². The SMILES string of the molecule is COc1c(Cl)cccc1Nc1c(-c2ccncc2OC[C@H]2COCCO2)[nH]c2c1C(=O)N[C@H]1CC[C@@H]21. The Morgan fingerprint density at radius 3 is 2.94 bits per heavy atom. The number of fused-ring (bicyclic) bond motifs is 3. The molecular weight excluding hydrogens is 484 g/mol. The maximum absolute atomic E-state index is 13.3. The van der Waals surface area contributed by atoms with Gasteiger partial charge in [-0.2, -0.15) is 0 Å². The number of ether oxygens (including phenoxy) is 4. The molecule has 10 heteroatoms. The van der Waals surface area contributed by atoms with Gasteiger partial charge < -0.3 is 34.6 Å². The number of carbonyl (C=O) groups is 1. The van der Waals surface area contributed by atoms with Crippen molar-refractivity contribution in [3.8, 4) is 22.8 Å². The predicted molar refractivity (Wildman–Crippen MR) is 135 cm³/mol. The monoisotopic (exact) mass is 510 g/mol. The number of rotatable bonds is 7. The van der Waals surface area contributed by atoms with Crippen LogP contribution in [0.15, 0.2) is 36.7 Å². The standard InChI is InChI=1S/C26H27ClN4O5/c1-33-25-17(27)3-2-4-19(25)29-24-21-22(15-5-6-18(15)30-26(21)32)31-23(24)16-7-8-28-11-20(16)36-13-14-12-34-9-10-35-14/h2-4,7-8,11,14-15,18,29,31H,5-6,9-10,12-13H2,1H3,(H,30,32)/t14-,15-,18+/m1/s1. The number of nitrogens with one attached hydrogen (secondary N) is 3. The first-order valence-electron chi connectivity index (χ1n) is 12.1. The van der Waals surface area contributed by atoms with E-state index in [0.29, 0.717) is 59.9 Å². The molecule has 2 fully saturated rings. The molecule has 1 amide bonds. The summed E-state index contributed by atoms with van der Waals surface area (Å²) >= 11 is 6.39. The van der Waals surface area contributed by atoms with Crippen molar-refractivity contribution >= 4 is 28.9 Å². The molecule has 9 nitrogen and oxygen atoms in total. The zero-order chi connectivity index (χ0) is 24.6. The maximum atomic E-state index is 13.3. The van der Waals surface area contributed by atoms with E-state index in [-0.39, 0.29) is 24.0 Å². The molecule has 3 N–H and O–H groups in total. The summed E-state index contributed by atoms with van der Waals surface area (Å²) in [4.78, 5) is 21.1. The lowest BCUT2D eigenvalue weighted by atomic mass is 9.74. The number of aromatic nitrogens is 2. The van der Waals surface area contributed by atoms with Crippen molar-refractivity contribution in [2.75, 3.05) is 38.9 Å². The average molecular weight is 511 g/mol. The van der Waals surface area contributed by atoms with E-state index >= 15 is 0 Å². The minimum atomic E-state index is -0.154. The molecule has 3 aliphatic rings. The quantitative estimate of drug-likeness (QED) is 0.436. The zero-order valence-corrected chi connectivity index (χ0v) is 20.6. The van der Waals surface area contributed by atoms with Crippen molar-refractivity contribution < 1.29 is 23.7 Å². The van der Waals surface area contributed by atoms with E-state index in [4.69, 9.17) is 30.5 Å². The number of amides is 1. The van der Waals surface area contributed by atoms with Crippen LogP contribution in [-0.4, -0.2) is 61.6 Å². The molecule has 0 spiro atoms. The molecule has 0 unspecified atom stereocenters. The van der Waals surface area contributed by atoms with Crippen molar-refractivity contribution in [2.45, 2.75) is 30.9 Å². The van der Waals surface area contributed by atoms with Gasteiger partial charge in [-0.05, 0) is 31.0 Å². The number of anilines is 2. The second-order valence-corrected chi connectivity index (χ2v) is 9.53. The Morgan fingerprint density at radius 1 is 1.25 bits per heavy atom. The summed E-state index contributed by atoms with van der Waals surface area (Å²) in [6.45, 7) is 1.95. The van der Waals surface area contributed by atoms with Crippen LogP contribution in [0.5, 0.6) is 11.5 Å². The summed E-state index contributed by atoms with van der Waals surface area (Å²) in [5.74, 6) is 1.21. The molecule has 0 bridgehead atoms. The summed E-state index contributed by atoms with van der Waals surface area (Å²) in [6.07, 6.45) is 5.21. The number of hydrogen-bond acceptors (Lipinski definition) is 7. The van der Waals surface area contributed by atoms with Crippen LogP contribution in [0.25, 0.3) is 11.3 Å². The lowest BCUT2D eigenvalue weighted by Gasteiger charge is -2.40. The second kappa shape index (κ2) is 9.65. The summed E-state index contributed by atoms with van der Waals surface area (Å²) in [7, 11) is 1.57. The van der Waals surface area contributed by atoms with E-state index in [1.807, 2.05) is 18.2 Å². The van der Waals surface area contributed by atoms with E-state index < -0.39 is 0 Å². The van der Waals surface area contributed by atoms with Crippen LogP contribution in [0.1, 0.15) is 34.8 Å². The number of para-hydroxylation sites is 1. The minimum Gasteiger partial charge on any atom is -0.493 e. The van der Waals surface area contributed by atoms with Crippen LogP contribution in [0.2, 0.25) is 5.02 Å². The number of aromatic amines is 1. The Bertz CT molecular complexity index is 1290. The summed E-state index contributed by atoms with van der Waals surface area (Å²) in [6, 6.07) is 7.49. The molecule has 3 aromatic rings. The van der Waals surface area contributed by atoms with Crippen molar-refractivity contribution in [2.24, 2.45) is 0 Å². The lowest BCUT2D eigenvalue weighted by molar-refractivity contribution is -0.101. The van der Waals surface area contributed by atoms with Crippen LogP contribution in [0.3, 0.4) is 0 Å². The largest absolute Gasteiger partial charge is 0.493 e. The molecule has 6 rings (SSSR count). The molecular formula is C26H27ClN4O5. The highest BCUT2D eigenvalue weighted by atomic mass is 35.5. The highest BCUT2D eigenvalue weighted by Crippen LogP contribution is 2.49. The van der Waals surface area contributed by atoms with Crippen LogP contribution >= 0.6 is 11.6 Å². The topological polar surface area (TPSA) is 107 Å². The number of carbonyl (C=O) groups excluding carboxylic acids is 1. The van der Waals surface area contributed by atoms with Crippen molar-refractivity contribution in [3.63, 3.8) is 0 Å². The molecule has 1 aliphatic carbocycles. The Kier molecular flexibility index (Phi) is 6.20. The number of nitrogens with zero attached hydrogens (tertiary/aromatic N) is 1. The molecule has 36 heavy (non-hydrogen) atoms. The zero-order valence-electron chi connectivity index (χ0n) is 19.8. The number of hydrogen-bond donors (Lipinski definition) is 3. The van der Waals surface area contributed by atoms with E-state index in [1.165, 1.54) is 0 Å². The normalized spacial score (nSPS) is 22.6. The van der Waals surface area contributed by atoms with Gasteiger partial charge in [0.25, 0.3) is 5.91 Å². The van der Waals surface area contributed by atoms with E-state index in [9.17, 15) is 4.79 Å². The molecule has 188 valence electrons. The van der Waals surface area contributed by atoms with Crippen LogP contribution < -0.4 is 20.1 Å². The van der Waals surface area contributed by atoms with E-state index in [1.54, 1.807) is 25.6 Å². The predicted octanol–water partition coefficient (Wildman–Crippen LogP) is 4.27. The smallest absolute Gasteiger partial charge is 0.255 e. The van der Waals surface area contributed by atoms with Crippen LogP contribution in [0.4, 0.5) is 11.4 Å². The number of halogens is 1. The Balaban J connectivity index is 1.43. The molecule has 4 heterocycles. The van der Waals surface area contributed by atoms with Gasteiger partial charge in [0.15, 0.2) is 5.75 Å². The third-order valence-corrected chi connectivity index (χ3v) is 7.31. The molecule has 2 aromatic heterocycles. The first-order chi connectivity index (χ1) is 17.6. The first kappa shape index (κ1) is 23.1. The van der Waals surface area contributed by atoms with Gasteiger partial charge in [0.1, 0.15) is 18.5 Å². The molecule has 1 saturated carbocycles. The van der Waals surface area contributed by atoms with Gasteiger partial charge in [0.2, 0.25) is 0 Å². The van der Waals surface area contributed by atoms with Gasteiger partial charge in [0.05, 0.1) is 60.8 Å². The van der Waals surface area contributed by atoms with Crippen LogP contribution in [-0.2, 0) is 9.47 Å². The van der Waals surface area contributed by atoms with Gasteiger partial charge in [-0.3, -0.25) is 9.78 Å². The highest BCUT2D eigenvalue weighted by Gasteiger charge is 2.43. The summed E-state index contributed by atoms with van der Waals surface area (Å²) < 4.78 is 22.9. The molecule has 0 radical (unpaired) electrons. The molecule has 3 atom stereocenters. The van der Waals surface area contributed by atoms with Gasteiger partial charge >= 0.3 is 0 Å². The fourth-order valence-corrected chi connectivity index (χ4v) is 5.34. The summed E-state index contributed by atoms with van der Waals surface area (Å²) in [5, 5.41) is 7.07. The first-order valence-corrected chi connectivity index (χ1v) is 12.4. The third kappa shape index (κ3) is 4.07. The number of H-pyrrole nitrogens is 1. The van der Waals surface area contributed by atoms with Crippen molar-refractivity contribution in [1.82, 2.24) is 15.3 Å². The third-order valence-electron chi connectivity index (χ3n) is 7.01. The molecule has 2 aliphatic heterocycles. The fourth-order valence-electron chi connectivity index (χ4n) is 5.09. The Hall–Kier alpha value is -3.27.